The standard InChI is InChI=1S/C22H19BrCl2INO2/c1-2-28-21-10-15(12-27-17-7-8-18(24)19(25)11-17)9-20(26)22(21)29-13-14-3-5-16(23)6-4-14/h3-11,27H,2,12-13H2,1H3. The molecule has 0 spiro atoms. The maximum atomic E-state index is 6.09. The normalized spacial score (nSPS) is 10.7. The Balaban J connectivity index is 1.74. The Bertz CT molecular complexity index is 983. The molecular formula is C22H19BrCl2INO2. The summed E-state index contributed by atoms with van der Waals surface area (Å²) in [6.45, 7) is 3.63. The highest BCUT2D eigenvalue weighted by Gasteiger charge is 2.13. The molecule has 0 aliphatic rings. The lowest BCUT2D eigenvalue weighted by molar-refractivity contribution is 0.267. The molecule has 0 saturated heterocycles. The Kier molecular flexibility index (Phi) is 8.35. The summed E-state index contributed by atoms with van der Waals surface area (Å²) < 4.78 is 14.0. The molecule has 0 heterocycles. The van der Waals surface area contributed by atoms with Crippen LogP contribution in [0.4, 0.5) is 5.69 Å². The number of anilines is 1. The third-order valence-electron chi connectivity index (χ3n) is 4.08. The lowest BCUT2D eigenvalue weighted by atomic mass is 10.2. The molecule has 152 valence electrons. The molecule has 0 aliphatic carbocycles. The Morgan fingerprint density at radius 3 is 2.38 bits per heavy atom. The summed E-state index contributed by atoms with van der Waals surface area (Å²) in [6, 6.07) is 17.7. The molecular weight excluding hydrogens is 588 g/mol. The highest BCUT2D eigenvalue weighted by atomic mass is 127. The van der Waals surface area contributed by atoms with Crippen molar-refractivity contribution < 1.29 is 9.47 Å². The first-order valence-electron chi connectivity index (χ1n) is 8.97. The zero-order valence-corrected chi connectivity index (χ0v) is 20.9. The summed E-state index contributed by atoms with van der Waals surface area (Å²) >= 11 is 17.8. The quantitative estimate of drug-likeness (QED) is 0.264. The fraction of sp³-hybridized carbons (Fsp3) is 0.182. The van der Waals surface area contributed by atoms with Gasteiger partial charge in [0.15, 0.2) is 11.5 Å². The van der Waals surface area contributed by atoms with Gasteiger partial charge < -0.3 is 14.8 Å². The maximum Gasteiger partial charge on any atom is 0.174 e. The number of hydrogen-bond donors (Lipinski definition) is 1. The van der Waals surface area contributed by atoms with E-state index in [1.807, 2.05) is 49.4 Å². The lowest BCUT2D eigenvalue weighted by Gasteiger charge is -2.16. The van der Waals surface area contributed by atoms with Crippen LogP contribution in [0, 0.1) is 3.57 Å². The maximum absolute atomic E-state index is 6.09. The average Bonchev–Trinajstić information content (AvgIpc) is 2.70. The van der Waals surface area contributed by atoms with Gasteiger partial charge in [-0.15, -0.1) is 0 Å². The van der Waals surface area contributed by atoms with Gasteiger partial charge in [0.2, 0.25) is 0 Å². The van der Waals surface area contributed by atoms with Crippen LogP contribution in [0.3, 0.4) is 0 Å². The number of hydrogen-bond acceptors (Lipinski definition) is 3. The number of benzene rings is 3. The van der Waals surface area contributed by atoms with Crippen LogP contribution in [-0.2, 0) is 13.2 Å². The van der Waals surface area contributed by atoms with Crippen LogP contribution in [0.1, 0.15) is 18.1 Å². The first-order valence-corrected chi connectivity index (χ1v) is 11.6. The number of halogens is 4. The second kappa shape index (κ2) is 10.8. The van der Waals surface area contributed by atoms with Crippen LogP contribution in [0.25, 0.3) is 0 Å². The molecule has 0 atom stereocenters. The first-order chi connectivity index (χ1) is 14.0. The molecule has 0 aromatic heterocycles. The zero-order valence-electron chi connectivity index (χ0n) is 15.6. The van der Waals surface area contributed by atoms with Crippen molar-refractivity contribution in [3.05, 3.63) is 83.8 Å². The molecule has 3 aromatic carbocycles. The summed E-state index contributed by atoms with van der Waals surface area (Å²) in [6.07, 6.45) is 0. The zero-order chi connectivity index (χ0) is 20.8. The highest BCUT2D eigenvalue weighted by molar-refractivity contribution is 14.1. The van der Waals surface area contributed by atoms with E-state index in [0.29, 0.717) is 29.8 Å². The SMILES string of the molecule is CCOc1cc(CNc2ccc(Cl)c(Cl)c2)cc(I)c1OCc1ccc(Br)cc1. The molecule has 0 aliphatic heterocycles. The van der Waals surface area contributed by atoms with Gasteiger partial charge in [0, 0.05) is 16.7 Å². The molecule has 0 radical (unpaired) electrons. The summed E-state index contributed by atoms with van der Waals surface area (Å²) in [5.41, 5.74) is 3.08. The second-order valence-electron chi connectivity index (χ2n) is 6.24. The Labute approximate surface area is 203 Å². The van der Waals surface area contributed by atoms with Crippen molar-refractivity contribution >= 4 is 67.4 Å². The van der Waals surface area contributed by atoms with Crippen molar-refractivity contribution in [1.29, 1.82) is 0 Å². The third kappa shape index (κ3) is 6.41. The molecule has 3 nitrogen and oxygen atoms in total. The summed E-state index contributed by atoms with van der Waals surface area (Å²) in [7, 11) is 0. The van der Waals surface area contributed by atoms with Crippen molar-refractivity contribution in [3.8, 4) is 11.5 Å². The Morgan fingerprint density at radius 2 is 1.69 bits per heavy atom. The number of nitrogens with one attached hydrogen (secondary N) is 1. The van der Waals surface area contributed by atoms with Gasteiger partial charge in [-0.05, 0) is 83.1 Å². The molecule has 3 aromatic rings. The van der Waals surface area contributed by atoms with E-state index >= 15 is 0 Å². The minimum atomic E-state index is 0.476. The molecule has 0 amide bonds. The molecule has 1 N–H and O–H groups in total. The predicted octanol–water partition coefficient (Wildman–Crippen LogP) is 7.95. The molecule has 29 heavy (non-hydrogen) atoms. The highest BCUT2D eigenvalue weighted by Crippen LogP contribution is 2.35. The van der Waals surface area contributed by atoms with Gasteiger partial charge >= 0.3 is 0 Å². The van der Waals surface area contributed by atoms with Crippen LogP contribution < -0.4 is 14.8 Å². The lowest BCUT2D eigenvalue weighted by Crippen LogP contribution is -2.05. The molecule has 0 bridgehead atoms. The van der Waals surface area contributed by atoms with E-state index in [1.165, 1.54) is 0 Å². The Hall–Kier alpha value is -1.15. The topological polar surface area (TPSA) is 30.5 Å². The summed E-state index contributed by atoms with van der Waals surface area (Å²) in [5.74, 6) is 1.50. The van der Waals surface area contributed by atoms with E-state index in [4.69, 9.17) is 32.7 Å². The molecule has 0 unspecified atom stereocenters. The largest absolute Gasteiger partial charge is 0.490 e. The van der Waals surface area contributed by atoms with Crippen LogP contribution in [-0.4, -0.2) is 6.61 Å². The minimum Gasteiger partial charge on any atom is -0.490 e. The van der Waals surface area contributed by atoms with Gasteiger partial charge in [-0.1, -0.05) is 51.3 Å². The van der Waals surface area contributed by atoms with Crippen LogP contribution >= 0.6 is 61.7 Å². The summed E-state index contributed by atoms with van der Waals surface area (Å²) in [5, 5.41) is 4.43. The number of rotatable bonds is 8. The van der Waals surface area contributed by atoms with Gasteiger partial charge in [0.1, 0.15) is 6.61 Å². The monoisotopic (exact) mass is 605 g/mol. The van der Waals surface area contributed by atoms with E-state index in [0.717, 1.165) is 36.4 Å². The van der Waals surface area contributed by atoms with Gasteiger partial charge in [0.05, 0.1) is 20.2 Å². The van der Waals surface area contributed by atoms with Gasteiger partial charge in [0.25, 0.3) is 0 Å². The average molecular weight is 607 g/mol. The Morgan fingerprint density at radius 1 is 0.931 bits per heavy atom. The number of ether oxygens (including phenoxy) is 2. The fourth-order valence-corrected chi connectivity index (χ4v) is 4.06. The molecule has 0 saturated carbocycles. The van der Waals surface area contributed by atoms with Crippen molar-refractivity contribution in [1.82, 2.24) is 0 Å². The van der Waals surface area contributed by atoms with Crippen LogP contribution in [0.5, 0.6) is 11.5 Å². The molecule has 3 rings (SSSR count). The van der Waals surface area contributed by atoms with E-state index in [-0.39, 0.29) is 0 Å². The van der Waals surface area contributed by atoms with Gasteiger partial charge in [-0.3, -0.25) is 0 Å². The van der Waals surface area contributed by atoms with E-state index in [1.54, 1.807) is 6.07 Å². The smallest absolute Gasteiger partial charge is 0.174 e. The second-order valence-corrected chi connectivity index (χ2v) is 9.13. The van der Waals surface area contributed by atoms with Crippen molar-refractivity contribution in [2.45, 2.75) is 20.1 Å². The summed E-state index contributed by atoms with van der Waals surface area (Å²) in [4.78, 5) is 0. The van der Waals surface area contributed by atoms with E-state index in [2.05, 4.69) is 49.9 Å². The molecule has 7 heteroatoms. The molecule has 0 fully saturated rings. The van der Waals surface area contributed by atoms with Crippen molar-refractivity contribution in [2.24, 2.45) is 0 Å². The van der Waals surface area contributed by atoms with Gasteiger partial charge in [-0.25, -0.2) is 0 Å². The van der Waals surface area contributed by atoms with Crippen molar-refractivity contribution in [3.63, 3.8) is 0 Å². The van der Waals surface area contributed by atoms with E-state index in [9.17, 15) is 0 Å². The van der Waals surface area contributed by atoms with Crippen LogP contribution in [0.15, 0.2) is 59.1 Å². The van der Waals surface area contributed by atoms with E-state index < -0.39 is 0 Å². The van der Waals surface area contributed by atoms with Crippen molar-refractivity contribution in [2.75, 3.05) is 11.9 Å². The van der Waals surface area contributed by atoms with Gasteiger partial charge in [-0.2, -0.15) is 0 Å². The third-order valence-corrected chi connectivity index (χ3v) is 6.15. The fourth-order valence-electron chi connectivity index (χ4n) is 2.67. The van der Waals surface area contributed by atoms with Crippen LogP contribution in [0.2, 0.25) is 10.0 Å². The minimum absolute atomic E-state index is 0.476. The predicted molar refractivity (Wildman–Crippen MR) is 133 cm³/mol. The first kappa shape index (κ1) is 22.5.